The van der Waals surface area contributed by atoms with E-state index >= 15 is 0 Å². The van der Waals surface area contributed by atoms with Crippen molar-refractivity contribution in [2.75, 3.05) is 50.9 Å². The van der Waals surface area contributed by atoms with E-state index in [1.54, 1.807) is 19.1 Å². The van der Waals surface area contributed by atoms with Crippen LogP contribution in [-0.2, 0) is 31.4 Å². The number of hydrogen-bond donors (Lipinski definition) is 1. The van der Waals surface area contributed by atoms with Crippen molar-refractivity contribution in [2.45, 2.75) is 66.2 Å². The Kier molecular flexibility index (Phi) is 11.7. The van der Waals surface area contributed by atoms with E-state index in [-0.39, 0.29) is 18.5 Å². The summed E-state index contributed by atoms with van der Waals surface area (Å²) in [5.74, 6) is 0.128. The quantitative estimate of drug-likeness (QED) is 0.103. The number of aromatic amines is 1. The minimum atomic E-state index is -1.29. The number of carbonyl (C=O) groups excluding carboxylic acids is 2. The van der Waals surface area contributed by atoms with Crippen molar-refractivity contribution >= 4 is 40.8 Å². The van der Waals surface area contributed by atoms with Crippen LogP contribution in [0.2, 0.25) is 10.0 Å². The molecule has 1 N–H and O–H groups in total. The number of aryl methyl sites for hydroxylation is 2. The number of aromatic nitrogens is 2. The van der Waals surface area contributed by atoms with E-state index in [4.69, 9.17) is 42.1 Å². The van der Waals surface area contributed by atoms with Crippen molar-refractivity contribution in [3.63, 3.8) is 0 Å². The molecule has 53 heavy (non-hydrogen) atoms. The van der Waals surface area contributed by atoms with E-state index in [1.807, 2.05) is 70.1 Å². The lowest BCUT2D eigenvalue weighted by molar-refractivity contribution is -0.697. The third-order valence-electron chi connectivity index (χ3n) is 9.84. The Morgan fingerprint density at radius 3 is 2.23 bits per heavy atom. The number of esters is 1. The Hall–Kier alpha value is -4.09. The van der Waals surface area contributed by atoms with E-state index in [0.29, 0.717) is 60.0 Å². The molecular weight excluding hydrogens is 715 g/mol. The first-order valence-corrected chi connectivity index (χ1v) is 18.9. The highest BCUT2D eigenvalue weighted by Gasteiger charge is 2.51. The average molecular weight is 765 g/mol. The number of carbonyl (C=O) groups is 2. The highest BCUT2D eigenvalue weighted by atomic mass is 35.5. The topological polar surface area (TPSA) is 97.2 Å². The number of H-pyrrole nitrogens is 1. The minimum Gasteiger partial charge on any atom is -0.492 e. The van der Waals surface area contributed by atoms with Gasteiger partial charge in [0.15, 0.2) is 5.92 Å². The smallest absolute Gasteiger partial charge is 0.316 e. The van der Waals surface area contributed by atoms with Crippen LogP contribution in [0, 0.1) is 19.3 Å². The van der Waals surface area contributed by atoms with Crippen molar-refractivity contribution in [1.82, 2.24) is 9.88 Å². The van der Waals surface area contributed by atoms with Crippen molar-refractivity contribution in [1.29, 1.82) is 0 Å². The molecular formula is C41H49Cl2N4O6+. The average Bonchev–Trinajstić information content (AvgIpc) is 3.57. The zero-order chi connectivity index (χ0) is 37.9. The second-order valence-electron chi connectivity index (χ2n) is 14.9. The minimum absolute atomic E-state index is 0.108. The second kappa shape index (κ2) is 16.1. The van der Waals surface area contributed by atoms with Gasteiger partial charge in [-0.25, -0.2) is 9.55 Å². The van der Waals surface area contributed by atoms with E-state index in [2.05, 4.69) is 38.7 Å². The summed E-state index contributed by atoms with van der Waals surface area (Å²) in [5.41, 5.74) is 3.91. The lowest BCUT2D eigenvalue weighted by Crippen LogP contribution is -2.50. The fourth-order valence-electron chi connectivity index (χ4n) is 6.99. The summed E-state index contributed by atoms with van der Waals surface area (Å²) in [5, 5.41) is 0.945. The number of amides is 1. The molecule has 1 aromatic heterocycles. The number of rotatable bonds is 10. The molecule has 2 fully saturated rings. The van der Waals surface area contributed by atoms with E-state index in [9.17, 15) is 9.59 Å². The SMILES string of the molecule is CC(=O)N1CCN(c2ccc(OCC(c3[nH]cc[n+]3Cc3cc(C)c(OC(=O)C(C)(C)C)c(C)c3)C3(c4ccc(Cl)cc4Cl)OCCCO3)cc2)CC1. The predicted octanol–water partition coefficient (Wildman–Crippen LogP) is 7.35. The zero-order valence-electron chi connectivity index (χ0n) is 31.3. The van der Waals surface area contributed by atoms with Crippen LogP contribution in [0.1, 0.15) is 68.1 Å². The first-order valence-electron chi connectivity index (χ1n) is 18.1. The van der Waals surface area contributed by atoms with Gasteiger partial charge < -0.3 is 28.7 Å². The summed E-state index contributed by atoms with van der Waals surface area (Å²) >= 11 is 13.3. The number of anilines is 1. The molecule has 1 amide bonds. The number of hydrogen-bond acceptors (Lipinski definition) is 7. The van der Waals surface area contributed by atoms with Gasteiger partial charge in [-0.15, -0.1) is 0 Å². The molecule has 282 valence electrons. The Balaban J connectivity index is 1.31. The number of ether oxygens (including phenoxy) is 4. The van der Waals surface area contributed by atoms with Crippen LogP contribution in [0.25, 0.3) is 0 Å². The predicted molar refractivity (Wildman–Crippen MR) is 205 cm³/mol. The number of benzene rings is 3. The number of halogens is 2. The maximum Gasteiger partial charge on any atom is 0.316 e. The van der Waals surface area contributed by atoms with E-state index in [0.717, 1.165) is 47.7 Å². The van der Waals surface area contributed by atoms with Crippen LogP contribution in [0.4, 0.5) is 5.69 Å². The van der Waals surface area contributed by atoms with Crippen LogP contribution in [0.3, 0.4) is 0 Å². The number of piperazine rings is 1. The third-order valence-corrected chi connectivity index (χ3v) is 10.4. The molecule has 0 bridgehead atoms. The number of nitrogens with zero attached hydrogens (tertiary/aromatic N) is 3. The van der Waals surface area contributed by atoms with Gasteiger partial charge in [0.05, 0.1) is 23.7 Å². The van der Waals surface area contributed by atoms with Crippen LogP contribution < -0.4 is 18.9 Å². The van der Waals surface area contributed by atoms with Crippen molar-refractivity contribution in [3.8, 4) is 11.5 Å². The Bertz CT molecular complexity index is 1900. The lowest BCUT2D eigenvalue weighted by Gasteiger charge is -2.41. The zero-order valence-corrected chi connectivity index (χ0v) is 32.9. The number of imidazole rings is 1. The summed E-state index contributed by atoms with van der Waals surface area (Å²) in [7, 11) is 0. The van der Waals surface area contributed by atoms with Gasteiger partial charge in [0.2, 0.25) is 11.7 Å². The molecule has 0 radical (unpaired) electrons. The van der Waals surface area contributed by atoms with Gasteiger partial charge in [-0.05, 0) is 106 Å². The molecule has 12 heteroatoms. The molecule has 0 saturated carbocycles. The van der Waals surface area contributed by atoms with Crippen molar-refractivity contribution < 1.29 is 33.1 Å². The van der Waals surface area contributed by atoms with Gasteiger partial charge in [-0.1, -0.05) is 29.3 Å². The summed E-state index contributed by atoms with van der Waals surface area (Å²) < 4.78 is 27.9. The monoisotopic (exact) mass is 763 g/mol. The molecule has 6 rings (SSSR count). The van der Waals surface area contributed by atoms with E-state index < -0.39 is 17.1 Å². The van der Waals surface area contributed by atoms with Gasteiger partial charge in [0, 0.05) is 49.4 Å². The molecule has 4 aromatic rings. The fourth-order valence-corrected chi connectivity index (χ4v) is 7.53. The summed E-state index contributed by atoms with van der Waals surface area (Å²) in [6.45, 7) is 15.7. The maximum atomic E-state index is 12.7. The standard InChI is InChI=1S/C41H48Cl2N4O6/c1-27-22-30(23-28(2)37(27)53-39(49)40(4,5)6)25-47-15-14-44-38(47)35(41(51-20-7-21-52-41)34-13-8-31(42)24-36(34)43)26-50-33-11-9-32(10-12-33)46-18-16-45(17-19-46)29(3)48/h8-15,22-24,35H,7,16-21,25-26H2,1-6H3/p+1. The van der Waals surface area contributed by atoms with Gasteiger partial charge in [-0.3, -0.25) is 9.59 Å². The van der Waals surface area contributed by atoms with Crippen LogP contribution >= 0.6 is 23.2 Å². The van der Waals surface area contributed by atoms with Crippen molar-refractivity contribution in [3.05, 3.63) is 105 Å². The molecule has 1 atom stereocenters. The molecule has 1 unspecified atom stereocenters. The van der Waals surface area contributed by atoms with Gasteiger partial charge >= 0.3 is 5.97 Å². The highest BCUT2D eigenvalue weighted by Crippen LogP contribution is 2.46. The lowest BCUT2D eigenvalue weighted by atomic mass is 9.89. The first-order chi connectivity index (χ1) is 25.2. The number of nitrogens with one attached hydrogen (secondary N) is 1. The molecule has 3 aromatic carbocycles. The van der Waals surface area contributed by atoms with Crippen molar-refractivity contribution in [2.24, 2.45) is 5.41 Å². The van der Waals surface area contributed by atoms with Gasteiger partial charge in [0.25, 0.3) is 5.82 Å². The summed E-state index contributed by atoms with van der Waals surface area (Å²) in [4.78, 5) is 32.2. The Labute approximate surface area is 321 Å². The molecule has 3 heterocycles. The van der Waals surface area contributed by atoms with Gasteiger partial charge in [0.1, 0.15) is 37.0 Å². The third kappa shape index (κ3) is 8.67. The second-order valence-corrected chi connectivity index (χ2v) is 15.7. The van der Waals surface area contributed by atoms with Gasteiger partial charge in [-0.2, -0.15) is 0 Å². The molecule has 2 saturated heterocycles. The molecule has 2 aliphatic heterocycles. The normalized spacial score (nSPS) is 16.7. The summed E-state index contributed by atoms with van der Waals surface area (Å²) in [6, 6.07) is 17.5. The van der Waals surface area contributed by atoms with E-state index in [1.165, 1.54) is 0 Å². The fraction of sp³-hybridized carbons (Fsp3) is 0.439. The Morgan fingerprint density at radius 2 is 1.62 bits per heavy atom. The maximum absolute atomic E-state index is 12.7. The van der Waals surface area contributed by atoms with Crippen LogP contribution in [0.15, 0.2) is 67.0 Å². The highest BCUT2D eigenvalue weighted by molar-refractivity contribution is 6.35. The van der Waals surface area contributed by atoms with Crippen LogP contribution in [-0.4, -0.2) is 67.8 Å². The first kappa shape index (κ1) is 38.6. The largest absolute Gasteiger partial charge is 0.492 e. The molecule has 2 aliphatic rings. The Morgan fingerprint density at radius 1 is 0.962 bits per heavy atom. The van der Waals surface area contributed by atoms with Crippen LogP contribution in [0.5, 0.6) is 11.5 Å². The molecule has 0 aliphatic carbocycles. The summed E-state index contributed by atoms with van der Waals surface area (Å²) in [6.07, 6.45) is 4.61. The molecule has 10 nitrogen and oxygen atoms in total. The molecule has 0 spiro atoms.